The van der Waals surface area contributed by atoms with E-state index in [4.69, 9.17) is 4.74 Å². The molecule has 0 unspecified atom stereocenters. The quantitative estimate of drug-likeness (QED) is 0.228. The molecule has 0 radical (unpaired) electrons. The van der Waals surface area contributed by atoms with Crippen LogP contribution in [-0.2, 0) is 0 Å². The predicted octanol–water partition coefficient (Wildman–Crippen LogP) is 4.14. The highest BCUT2D eigenvalue weighted by molar-refractivity contribution is 5.90. The first-order valence-electron chi connectivity index (χ1n) is 9.77. The van der Waals surface area contributed by atoms with E-state index in [-0.39, 0.29) is 23.1 Å². The molecule has 11 heteroatoms. The molecule has 6 nitrogen and oxygen atoms in total. The maximum atomic E-state index is 13.0. The first-order valence-corrected chi connectivity index (χ1v) is 9.77. The molecule has 33 heavy (non-hydrogen) atoms. The van der Waals surface area contributed by atoms with Crippen molar-refractivity contribution in [3.8, 4) is 17.4 Å². The number of aromatic nitrogens is 2. The highest BCUT2D eigenvalue weighted by atomic mass is 19.4. The van der Waals surface area contributed by atoms with Gasteiger partial charge in [0.05, 0.1) is 5.90 Å². The van der Waals surface area contributed by atoms with Crippen molar-refractivity contribution in [3.63, 3.8) is 0 Å². The maximum absolute atomic E-state index is 13.0. The summed E-state index contributed by atoms with van der Waals surface area (Å²) in [5, 5.41) is 16.6. The zero-order valence-electron chi connectivity index (χ0n) is 16.8. The predicted molar refractivity (Wildman–Crippen MR) is 103 cm³/mol. The van der Waals surface area contributed by atoms with Gasteiger partial charge in [-0.2, -0.15) is 22.0 Å². The molecular formula is C22H16F5N3O3. The molecule has 0 saturated heterocycles. The minimum absolute atomic E-state index is 0.0605. The molecule has 4 rings (SSSR count). The standard InChI is InChI=1S/C22H16F5N3O3/c23-21(24,25)22(26,27)33-17-8-6-16(7-9-17)32-19-13-15(12-18(28-19)14-4-5-14)20(31)29-30-10-2-1-3-11-30/h1-3,6-14H,4-5H2. The summed E-state index contributed by atoms with van der Waals surface area (Å²) >= 11 is 0. The summed E-state index contributed by atoms with van der Waals surface area (Å²) in [4.78, 5) is 4.37. The van der Waals surface area contributed by atoms with E-state index in [1.165, 1.54) is 10.7 Å². The van der Waals surface area contributed by atoms with Gasteiger partial charge >= 0.3 is 12.3 Å². The van der Waals surface area contributed by atoms with Crippen molar-refractivity contribution < 1.29 is 41.2 Å². The van der Waals surface area contributed by atoms with Gasteiger partial charge in [-0.05, 0) is 53.8 Å². The van der Waals surface area contributed by atoms with Gasteiger partial charge in [0.2, 0.25) is 18.3 Å². The van der Waals surface area contributed by atoms with Gasteiger partial charge in [0.25, 0.3) is 0 Å². The third-order valence-electron chi connectivity index (χ3n) is 4.59. The summed E-state index contributed by atoms with van der Waals surface area (Å²) in [5.41, 5.74) is 0.886. The molecule has 3 aromatic rings. The number of rotatable bonds is 7. The molecule has 1 saturated carbocycles. The molecule has 1 aromatic carbocycles. The summed E-state index contributed by atoms with van der Waals surface area (Å²) in [5.74, 6) is -0.876. The number of halogens is 5. The van der Waals surface area contributed by atoms with E-state index in [9.17, 15) is 27.1 Å². The molecule has 0 amide bonds. The van der Waals surface area contributed by atoms with Crippen LogP contribution in [0.25, 0.3) is 0 Å². The van der Waals surface area contributed by atoms with Crippen molar-refractivity contribution in [2.75, 3.05) is 0 Å². The van der Waals surface area contributed by atoms with Gasteiger partial charge in [-0.3, -0.25) is 0 Å². The van der Waals surface area contributed by atoms with Crippen molar-refractivity contribution in [2.24, 2.45) is 5.10 Å². The molecule has 0 atom stereocenters. The summed E-state index contributed by atoms with van der Waals surface area (Å²) in [6, 6.07) is 12.3. The normalized spacial score (nSPS) is 14.8. The molecular weight excluding hydrogens is 449 g/mol. The molecule has 1 aliphatic carbocycles. The second-order valence-electron chi connectivity index (χ2n) is 7.24. The van der Waals surface area contributed by atoms with Crippen LogP contribution >= 0.6 is 0 Å². The monoisotopic (exact) mass is 465 g/mol. The molecule has 0 aliphatic heterocycles. The molecule has 1 aliphatic rings. The van der Waals surface area contributed by atoms with Gasteiger partial charge in [0.15, 0.2) is 0 Å². The van der Waals surface area contributed by atoms with Gasteiger partial charge in [0.1, 0.15) is 11.5 Å². The van der Waals surface area contributed by atoms with Crippen LogP contribution in [0.4, 0.5) is 22.0 Å². The van der Waals surface area contributed by atoms with Crippen LogP contribution in [0.5, 0.6) is 17.4 Å². The Morgan fingerprint density at radius 1 is 0.970 bits per heavy atom. The lowest BCUT2D eigenvalue weighted by atomic mass is 10.2. The second-order valence-corrected chi connectivity index (χ2v) is 7.24. The number of hydrogen-bond acceptors (Lipinski definition) is 5. The van der Waals surface area contributed by atoms with E-state index in [0.29, 0.717) is 5.69 Å². The van der Waals surface area contributed by atoms with Crippen LogP contribution in [0.15, 0.2) is 72.1 Å². The van der Waals surface area contributed by atoms with Crippen LogP contribution < -0.4 is 19.3 Å². The summed E-state index contributed by atoms with van der Waals surface area (Å²) in [6.07, 6.45) is -6.15. The van der Waals surface area contributed by atoms with Crippen molar-refractivity contribution in [2.45, 2.75) is 31.0 Å². The van der Waals surface area contributed by atoms with Crippen LogP contribution in [0, 0.1) is 0 Å². The third-order valence-corrected chi connectivity index (χ3v) is 4.59. The average molecular weight is 465 g/mol. The zero-order valence-corrected chi connectivity index (χ0v) is 16.8. The average Bonchev–Trinajstić information content (AvgIpc) is 3.60. The van der Waals surface area contributed by atoms with Gasteiger partial charge < -0.3 is 14.6 Å². The Bertz CT molecular complexity index is 1150. The molecule has 0 spiro atoms. The Kier molecular flexibility index (Phi) is 5.88. The number of hydrogen-bond donors (Lipinski definition) is 0. The van der Waals surface area contributed by atoms with Crippen molar-refractivity contribution in [3.05, 3.63) is 78.2 Å². The summed E-state index contributed by atoms with van der Waals surface area (Å²) in [6.45, 7) is 0. The smallest absolute Gasteiger partial charge is 0.499 e. The van der Waals surface area contributed by atoms with Gasteiger partial charge in [-0.15, -0.1) is 0 Å². The number of pyridine rings is 2. The molecule has 2 aromatic heterocycles. The zero-order chi connectivity index (χ0) is 23.6. The van der Waals surface area contributed by atoms with E-state index in [2.05, 4.69) is 14.8 Å². The van der Waals surface area contributed by atoms with Crippen molar-refractivity contribution in [1.82, 2.24) is 4.98 Å². The van der Waals surface area contributed by atoms with Crippen LogP contribution in [0.2, 0.25) is 0 Å². The fourth-order valence-corrected chi connectivity index (χ4v) is 2.81. The molecule has 0 bridgehead atoms. The maximum Gasteiger partial charge on any atom is 0.499 e. The Hall–Kier alpha value is -3.76. The molecule has 2 heterocycles. The van der Waals surface area contributed by atoms with Crippen LogP contribution in [0.3, 0.4) is 0 Å². The molecule has 1 fully saturated rings. The minimum atomic E-state index is -5.85. The lowest BCUT2D eigenvalue weighted by Crippen LogP contribution is -2.41. The second kappa shape index (κ2) is 8.64. The Balaban J connectivity index is 1.55. The lowest BCUT2D eigenvalue weighted by molar-refractivity contribution is -0.681. The number of nitrogens with zero attached hydrogens (tertiary/aromatic N) is 3. The van der Waals surface area contributed by atoms with E-state index < -0.39 is 23.9 Å². The number of benzene rings is 1. The topological polar surface area (TPSA) is 70.7 Å². The Labute approximate surface area is 184 Å². The van der Waals surface area contributed by atoms with Gasteiger partial charge in [0, 0.05) is 29.8 Å². The van der Waals surface area contributed by atoms with Gasteiger partial charge in [-0.25, -0.2) is 4.98 Å². The highest BCUT2D eigenvalue weighted by Gasteiger charge is 2.61. The van der Waals surface area contributed by atoms with E-state index in [1.54, 1.807) is 36.7 Å². The highest BCUT2D eigenvalue weighted by Crippen LogP contribution is 2.41. The largest absolute Gasteiger partial charge is 0.854 e. The lowest BCUT2D eigenvalue weighted by Gasteiger charge is -2.20. The SMILES string of the molecule is [O-]/C(=N\[n+]1ccccc1)c1cc(Oc2ccc(OC(F)(F)C(F)(F)F)cc2)nc(C2CC2)c1. The summed E-state index contributed by atoms with van der Waals surface area (Å²) in [7, 11) is 0. The fourth-order valence-electron chi connectivity index (χ4n) is 2.81. The van der Waals surface area contributed by atoms with E-state index >= 15 is 0 Å². The molecule has 0 N–H and O–H groups in total. The Morgan fingerprint density at radius 2 is 1.61 bits per heavy atom. The Morgan fingerprint density at radius 3 is 2.21 bits per heavy atom. The van der Waals surface area contributed by atoms with E-state index in [1.807, 2.05) is 0 Å². The van der Waals surface area contributed by atoms with Crippen LogP contribution in [-0.4, -0.2) is 23.2 Å². The molecule has 172 valence electrons. The first kappa shape index (κ1) is 22.4. The van der Waals surface area contributed by atoms with Gasteiger partial charge in [-0.1, -0.05) is 10.7 Å². The number of alkyl halides is 5. The fraction of sp³-hybridized carbons (Fsp3) is 0.227. The first-order chi connectivity index (χ1) is 15.6. The summed E-state index contributed by atoms with van der Waals surface area (Å²) < 4.78 is 73.7. The third kappa shape index (κ3) is 5.54. The van der Waals surface area contributed by atoms with Crippen LogP contribution in [0.1, 0.15) is 30.0 Å². The number of ether oxygens (including phenoxy) is 2. The van der Waals surface area contributed by atoms with E-state index in [0.717, 1.165) is 37.1 Å². The van der Waals surface area contributed by atoms with Crippen molar-refractivity contribution >= 4 is 5.90 Å². The van der Waals surface area contributed by atoms with Crippen molar-refractivity contribution in [1.29, 1.82) is 0 Å². The minimum Gasteiger partial charge on any atom is -0.854 e.